The van der Waals surface area contributed by atoms with Gasteiger partial charge in [0.15, 0.2) is 16.5 Å². The molecule has 3 heterocycles. The summed E-state index contributed by atoms with van der Waals surface area (Å²) in [5.41, 5.74) is 0.962. The third-order valence-electron chi connectivity index (χ3n) is 4.99. The zero-order valence-corrected chi connectivity index (χ0v) is 18.5. The molecule has 0 unspecified atom stereocenters. The molecule has 4 rings (SSSR count). The van der Waals surface area contributed by atoms with Crippen molar-refractivity contribution < 1.29 is 27.8 Å². The molecule has 0 fully saturated rings. The van der Waals surface area contributed by atoms with E-state index in [0.29, 0.717) is 34.8 Å². The minimum atomic E-state index is -1.24. The number of nitrogens with zero attached hydrogens (tertiary/aromatic N) is 3. The molecule has 0 spiro atoms. The highest BCUT2D eigenvalue weighted by Gasteiger charge is 2.19. The summed E-state index contributed by atoms with van der Waals surface area (Å²) in [4.78, 5) is 20.5. The number of carbonyl (C=O) groups is 1. The van der Waals surface area contributed by atoms with Crippen LogP contribution in [0, 0.1) is 24.4 Å². The monoisotopic (exact) mass is 476 g/mol. The molecule has 11 heteroatoms. The second kappa shape index (κ2) is 9.10. The van der Waals surface area contributed by atoms with Crippen LogP contribution in [0.1, 0.15) is 22.3 Å². The van der Waals surface area contributed by atoms with Crippen molar-refractivity contribution in [2.24, 2.45) is 0 Å². The first-order chi connectivity index (χ1) is 15.8. The molecule has 0 radical (unpaired) electrons. The molecule has 1 aromatic carbocycles. The molecule has 3 aromatic heterocycles. The van der Waals surface area contributed by atoms with Gasteiger partial charge < -0.3 is 19.7 Å². The third-order valence-corrected chi connectivity index (χ3v) is 6.11. The first-order valence-electron chi connectivity index (χ1n) is 9.99. The van der Waals surface area contributed by atoms with E-state index in [0.717, 1.165) is 11.3 Å². The summed E-state index contributed by atoms with van der Waals surface area (Å²) in [6, 6.07) is 5.28. The van der Waals surface area contributed by atoms with Crippen LogP contribution in [0.3, 0.4) is 0 Å². The Morgan fingerprint density at radius 1 is 1.18 bits per heavy atom. The number of ether oxygens (including phenoxy) is 1. The van der Waals surface area contributed by atoms with Gasteiger partial charge in [-0.25, -0.2) is 27.9 Å². The number of aromatic carboxylic acids is 1. The van der Waals surface area contributed by atoms with Crippen LogP contribution in [0.25, 0.3) is 21.5 Å². The molecule has 2 N–H and O–H groups in total. The zero-order valence-electron chi connectivity index (χ0n) is 17.7. The number of aromatic nitrogens is 3. The summed E-state index contributed by atoms with van der Waals surface area (Å²) >= 11 is 1.04. The number of nitrogens with one attached hydrogen (secondary N) is 1. The summed E-state index contributed by atoms with van der Waals surface area (Å²) in [6.07, 6.45) is 1.33. The minimum Gasteiger partial charge on any atom is -0.492 e. The Labute approximate surface area is 190 Å². The van der Waals surface area contributed by atoms with Gasteiger partial charge in [-0.1, -0.05) is 0 Å². The molecule has 0 aliphatic rings. The lowest BCUT2D eigenvalue weighted by atomic mass is 10.2. The summed E-state index contributed by atoms with van der Waals surface area (Å²) in [7, 11) is 0. The van der Waals surface area contributed by atoms with Gasteiger partial charge in [0.2, 0.25) is 0 Å². The number of fused-ring (bicyclic) bond motifs is 1. The third kappa shape index (κ3) is 4.36. The second-order valence-electron chi connectivity index (χ2n) is 7.11. The molecule has 7 nitrogen and oxygen atoms in total. The Hall–Kier alpha value is -3.60. The molecule has 33 heavy (non-hydrogen) atoms. The van der Waals surface area contributed by atoms with E-state index in [2.05, 4.69) is 15.3 Å². The Morgan fingerprint density at radius 3 is 2.70 bits per heavy atom. The first-order valence-corrected chi connectivity index (χ1v) is 10.8. The van der Waals surface area contributed by atoms with Crippen molar-refractivity contribution in [2.75, 3.05) is 18.5 Å². The van der Waals surface area contributed by atoms with Gasteiger partial charge >= 0.3 is 5.97 Å². The number of rotatable bonds is 8. The second-order valence-corrected chi connectivity index (χ2v) is 8.16. The largest absolute Gasteiger partial charge is 0.492 e. The van der Waals surface area contributed by atoms with E-state index in [-0.39, 0.29) is 34.6 Å². The van der Waals surface area contributed by atoms with Gasteiger partial charge in [0.25, 0.3) is 0 Å². The van der Waals surface area contributed by atoms with E-state index in [9.17, 15) is 23.1 Å². The fraction of sp³-hybridized carbons (Fsp3) is 0.227. The number of carboxylic acid groups (broad SMARTS) is 1. The number of benzene rings is 1. The number of aryl methyl sites for hydroxylation is 1. The van der Waals surface area contributed by atoms with Crippen LogP contribution in [-0.4, -0.2) is 38.8 Å². The average Bonchev–Trinajstić information content (AvgIpc) is 3.35. The van der Waals surface area contributed by atoms with E-state index in [1.54, 1.807) is 26.0 Å². The fourth-order valence-electron chi connectivity index (χ4n) is 3.55. The molecule has 0 saturated heterocycles. The normalized spacial score (nSPS) is 11.2. The topological polar surface area (TPSA) is 89.3 Å². The van der Waals surface area contributed by atoms with Crippen LogP contribution in [0.2, 0.25) is 0 Å². The van der Waals surface area contributed by atoms with Gasteiger partial charge in [-0.2, -0.15) is 0 Å². The summed E-state index contributed by atoms with van der Waals surface area (Å²) in [6.45, 7) is 4.29. The number of hydrogen-bond donors (Lipinski definition) is 2. The molecule has 4 aromatic rings. The maximum absolute atomic E-state index is 14.3. The van der Waals surface area contributed by atoms with E-state index >= 15 is 0 Å². The standard InChI is InChI=1S/C22H19F3N4O3S/c1-3-32-16-9-17(33-21(16)22(30)31)15-8-18(28-10-27-15)26-4-5-29-11(2)6-12-13(23)7-14(24)19(25)20(12)29/h6-10H,3-5H2,1-2H3,(H,30,31)(H,26,27,28). The average molecular weight is 476 g/mol. The van der Waals surface area contributed by atoms with Crippen LogP contribution in [0.4, 0.5) is 19.0 Å². The smallest absolute Gasteiger partial charge is 0.349 e. The first kappa shape index (κ1) is 22.6. The van der Waals surface area contributed by atoms with Crippen molar-refractivity contribution in [1.82, 2.24) is 14.5 Å². The van der Waals surface area contributed by atoms with Crippen molar-refractivity contribution >= 4 is 34.0 Å². The Kier molecular flexibility index (Phi) is 6.23. The summed E-state index contributed by atoms with van der Waals surface area (Å²) in [5.74, 6) is -3.51. The van der Waals surface area contributed by atoms with Crippen LogP contribution < -0.4 is 10.1 Å². The number of anilines is 1. The van der Waals surface area contributed by atoms with E-state index in [4.69, 9.17) is 4.74 Å². The van der Waals surface area contributed by atoms with Crippen LogP contribution in [0.5, 0.6) is 5.75 Å². The lowest BCUT2D eigenvalue weighted by Crippen LogP contribution is -2.13. The molecule has 0 aliphatic heterocycles. The van der Waals surface area contributed by atoms with Crippen molar-refractivity contribution in [3.63, 3.8) is 0 Å². The highest BCUT2D eigenvalue weighted by atomic mass is 32.1. The van der Waals surface area contributed by atoms with Gasteiger partial charge in [-0.05, 0) is 19.9 Å². The SMILES string of the molecule is CCOc1cc(-c2cc(NCCn3c(C)cc4c(F)cc(F)c(F)c43)ncn2)sc1C(=O)O. The van der Waals surface area contributed by atoms with Crippen molar-refractivity contribution in [3.8, 4) is 16.3 Å². The molecule has 0 atom stereocenters. The lowest BCUT2D eigenvalue weighted by molar-refractivity contribution is 0.0698. The van der Waals surface area contributed by atoms with E-state index in [1.165, 1.54) is 17.0 Å². The molecule has 0 bridgehead atoms. The number of halogens is 3. The zero-order chi connectivity index (χ0) is 23.7. The van der Waals surface area contributed by atoms with Gasteiger partial charge in [0.1, 0.15) is 23.7 Å². The predicted octanol–water partition coefficient (Wildman–Crippen LogP) is 5.09. The summed E-state index contributed by atoms with van der Waals surface area (Å²) < 4.78 is 49.0. The fourth-order valence-corrected chi connectivity index (χ4v) is 4.45. The number of thiophene rings is 1. The molecular formula is C22H19F3N4O3S. The van der Waals surface area contributed by atoms with Crippen LogP contribution >= 0.6 is 11.3 Å². The predicted molar refractivity (Wildman–Crippen MR) is 119 cm³/mol. The van der Waals surface area contributed by atoms with Crippen molar-refractivity contribution in [1.29, 1.82) is 0 Å². The highest BCUT2D eigenvalue weighted by Crippen LogP contribution is 2.36. The number of hydrogen-bond acceptors (Lipinski definition) is 6. The highest BCUT2D eigenvalue weighted by molar-refractivity contribution is 7.17. The van der Waals surface area contributed by atoms with E-state index < -0.39 is 23.4 Å². The molecule has 0 aliphatic carbocycles. The molecule has 0 saturated carbocycles. The molecule has 172 valence electrons. The summed E-state index contributed by atoms with van der Waals surface area (Å²) in [5, 5.41) is 12.5. The van der Waals surface area contributed by atoms with Gasteiger partial charge in [-0.15, -0.1) is 11.3 Å². The Bertz CT molecular complexity index is 1350. The number of carboxylic acids is 1. The molecular weight excluding hydrogens is 457 g/mol. The maximum Gasteiger partial charge on any atom is 0.349 e. The van der Waals surface area contributed by atoms with Crippen molar-refractivity contribution in [3.05, 3.63) is 58.6 Å². The van der Waals surface area contributed by atoms with Crippen LogP contribution in [0.15, 0.2) is 30.6 Å². The minimum absolute atomic E-state index is 0.0211. The van der Waals surface area contributed by atoms with Gasteiger partial charge in [-0.3, -0.25) is 0 Å². The van der Waals surface area contributed by atoms with Gasteiger partial charge in [0.05, 0.1) is 22.7 Å². The van der Waals surface area contributed by atoms with E-state index in [1.807, 2.05) is 0 Å². The Balaban J connectivity index is 1.54. The van der Waals surface area contributed by atoms with Crippen LogP contribution in [-0.2, 0) is 6.54 Å². The van der Waals surface area contributed by atoms with Gasteiger partial charge in [0, 0.05) is 42.4 Å². The quantitative estimate of drug-likeness (QED) is 0.344. The molecule has 0 amide bonds. The Morgan fingerprint density at radius 2 is 1.97 bits per heavy atom. The maximum atomic E-state index is 14.3. The lowest BCUT2D eigenvalue weighted by Gasteiger charge is -2.11. The van der Waals surface area contributed by atoms with Crippen molar-refractivity contribution in [2.45, 2.75) is 20.4 Å².